The van der Waals surface area contributed by atoms with Crippen molar-refractivity contribution in [2.75, 3.05) is 25.2 Å². The number of thioether (sulfide) groups is 1. The van der Waals surface area contributed by atoms with Crippen LogP contribution >= 0.6 is 23.1 Å². The number of ether oxygens (including phenoxy) is 1. The van der Waals surface area contributed by atoms with Crippen molar-refractivity contribution in [2.45, 2.75) is 17.3 Å². The molecular formula is C8H14N4O2S2. The molecule has 0 radical (unpaired) electrons. The molecule has 16 heavy (non-hydrogen) atoms. The van der Waals surface area contributed by atoms with Gasteiger partial charge >= 0.3 is 0 Å². The molecule has 0 fully saturated rings. The standard InChI is InChI=1S/C8H14N4O2S2/c1-5(3-14-2)10-6(13)4-15-8-12-11-7(9)16-8/h5H,3-4H2,1-2H3,(H2,9,11)(H,10,13). The van der Waals surface area contributed by atoms with Gasteiger partial charge in [0.05, 0.1) is 12.4 Å². The van der Waals surface area contributed by atoms with Crippen molar-refractivity contribution >= 4 is 34.1 Å². The van der Waals surface area contributed by atoms with E-state index in [9.17, 15) is 4.79 Å². The molecule has 0 aliphatic carbocycles. The van der Waals surface area contributed by atoms with Gasteiger partial charge in [-0.25, -0.2) is 0 Å². The van der Waals surface area contributed by atoms with Gasteiger partial charge in [-0.05, 0) is 6.92 Å². The first-order chi connectivity index (χ1) is 7.61. The lowest BCUT2D eigenvalue weighted by atomic mass is 10.3. The number of anilines is 1. The molecule has 0 bridgehead atoms. The number of carbonyl (C=O) groups excluding carboxylic acids is 1. The molecule has 0 aliphatic heterocycles. The number of aromatic nitrogens is 2. The Kier molecular flexibility index (Phi) is 5.50. The SMILES string of the molecule is COCC(C)NC(=O)CSc1nnc(N)s1. The second kappa shape index (κ2) is 6.66. The summed E-state index contributed by atoms with van der Waals surface area (Å²) in [5, 5.41) is 10.7. The molecule has 6 nitrogen and oxygen atoms in total. The third-order valence-corrected chi connectivity index (χ3v) is 3.46. The average molecular weight is 262 g/mol. The molecule has 1 heterocycles. The number of amides is 1. The van der Waals surface area contributed by atoms with E-state index in [1.165, 1.54) is 23.1 Å². The normalized spacial score (nSPS) is 12.4. The molecule has 1 aromatic rings. The quantitative estimate of drug-likeness (QED) is 0.720. The van der Waals surface area contributed by atoms with Crippen LogP contribution in [0.3, 0.4) is 0 Å². The number of nitrogens with two attached hydrogens (primary N) is 1. The smallest absolute Gasteiger partial charge is 0.230 e. The molecule has 0 saturated carbocycles. The molecule has 3 N–H and O–H groups in total. The summed E-state index contributed by atoms with van der Waals surface area (Å²) in [7, 11) is 1.60. The Morgan fingerprint density at radius 2 is 2.44 bits per heavy atom. The van der Waals surface area contributed by atoms with E-state index in [2.05, 4.69) is 15.5 Å². The Bertz CT molecular complexity index is 345. The molecule has 1 aromatic heterocycles. The summed E-state index contributed by atoms with van der Waals surface area (Å²) >= 11 is 2.59. The number of carbonyl (C=O) groups is 1. The second-order valence-electron chi connectivity index (χ2n) is 3.12. The summed E-state index contributed by atoms with van der Waals surface area (Å²) in [5.74, 6) is 0.256. The zero-order chi connectivity index (χ0) is 12.0. The minimum atomic E-state index is -0.0525. The molecule has 1 unspecified atom stereocenters. The highest BCUT2D eigenvalue weighted by molar-refractivity contribution is 8.01. The Hall–Kier alpha value is -0.860. The van der Waals surface area contributed by atoms with E-state index in [1.807, 2.05) is 6.92 Å². The Morgan fingerprint density at radius 1 is 1.69 bits per heavy atom. The summed E-state index contributed by atoms with van der Waals surface area (Å²) in [5.41, 5.74) is 5.42. The summed E-state index contributed by atoms with van der Waals surface area (Å²) in [6, 6.07) is 0.0117. The van der Waals surface area contributed by atoms with Crippen LogP contribution < -0.4 is 11.1 Å². The minimum absolute atomic E-state index is 0.0117. The topological polar surface area (TPSA) is 90.1 Å². The van der Waals surface area contributed by atoms with Gasteiger partial charge in [0, 0.05) is 13.2 Å². The van der Waals surface area contributed by atoms with Gasteiger partial charge in [0.1, 0.15) is 0 Å². The third kappa shape index (κ3) is 4.77. The van der Waals surface area contributed by atoms with E-state index in [0.717, 1.165) is 0 Å². The lowest BCUT2D eigenvalue weighted by molar-refractivity contribution is -0.119. The van der Waals surface area contributed by atoms with Gasteiger partial charge in [-0.15, -0.1) is 10.2 Å². The molecule has 1 amide bonds. The number of nitrogens with zero attached hydrogens (tertiary/aromatic N) is 2. The largest absolute Gasteiger partial charge is 0.383 e. The van der Waals surface area contributed by atoms with E-state index < -0.39 is 0 Å². The average Bonchev–Trinajstić information content (AvgIpc) is 2.61. The van der Waals surface area contributed by atoms with Gasteiger partial charge in [-0.2, -0.15) is 0 Å². The van der Waals surface area contributed by atoms with E-state index in [4.69, 9.17) is 10.5 Å². The predicted octanol–water partition coefficient (Wildman–Crippen LogP) is 0.363. The zero-order valence-corrected chi connectivity index (χ0v) is 10.7. The molecule has 0 spiro atoms. The third-order valence-electron chi connectivity index (χ3n) is 1.57. The molecule has 90 valence electrons. The maximum Gasteiger partial charge on any atom is 0.230 e. The van der Waals surface area contributed by atoms with Gasteiger partial charge in [0.2, 0.25) is 11.0 Å². The molecule has 0 aromatic carbocycles. The summed E-state index contributed by atoms with van der Waals surface area (Å²) in [6.07, 6.45) is 0. The Labute approximate surface area is 102 Å². The molecule has 1 atom stereocenters. The molecule has 8 heteroatoms. The number of nitrogen functional groups attached to an aromatic ring is 1. The van der Waals surface area contributed by atoms with Crippen LogP contribution in [0.1, 0.15) is 6.92 Å². The highest BCUT2D eigenvalue weighted by atomic mass is 32.2. The Morgan fingerprint density at radius 3 is 3.00 bits per heavy atom. The fraction of sp³-hybridized carbons (Fsp3) is 0.625. The zero-order valence-electron chi connectivity index (χ0n) is 9.10. The number of hydrogen-bond acceptors (Lipinski definition) is 7. The van der Waals surface area contributed by atoms with Crippen LogP contribution in [0.25, 0.3) is 0 Å². The first-order valence-electron chi connectivity index (χ1n) is 4.62. The molecule has 0 saturated heterocycles. The number of nitrogens with one attached hydrogen (secondary N) is 1. The monoisotopic (exact) mass is 262 g/mol. The highest BCUT2D eigenvalue weighted by Crippen LogP contribution is 2.22. The minimum Gasteiger partial charge on any atom is -0.383 e. The van der Waals surface area contributed by atoms with Crippen molar-refractivity contribution in [3.8, 4) is 0 Å². The lowest BCUT2D eigenvalue weighted by Crippen LogP contribution is -2.36. The van der Waals surface area contributed by atoms with Crippen molar-refractivity contribution in [1.82, 2.24) is 15.5 Å². The van der Waals surface area contributed by atoms with Crippen molar-refractivity contribution in [1.29, 1.82) is 0 Å². The maximum absolute atomic E-state index is 11.4. The summed E-state index contributed by atoms with van der Waals surface area (Å²) in [4.78, 5) is 11.4. The first kappa shape index (κ1) is 13.2. The number of hydrogen-bond donors (Lipinski definition) is 2. The van der Waals surface area contributed by atoms with Crippen LogP contribution in [-0.2, 0) is 9.53 Å². The fourth-order valence-electron chi connectivity index (χ4n) is 1.01. The van der Waals surface area contributed by atoms with Gasteiger partial charge in [-0.1, -0.05) is 23.1 Å². The van der Waals surface area contributed by atoms with Crippen molar-refractivity contribution in [2.24, 2.45) is 0 Å². The maximum atomic E-state index is 11.4. The van der Waals surface area contributed by atoms with Gasteiger partial charge in [0.25, 0.3) is 0 Å². The Balaban J connectivity index is 2.25. The molecular weight excluding hydrogens is 248 g/mol. The lowest BCUT2D eigenvalue weighted by Gasteiger charge is -2.11. The van der Waals surface area contributed by atoms with Crippen molar-refractivity contribution in [3.05, 3.63) is 0 Å². The van der Waals surface area contributed by atoms with Crippen LogP contribution in [0.4, 0.5) is 5.13 Å². The van der Waals surface area contributed by atoms with E-state index in [1.54, 1.807) is 7.11 Å². The van der Waals surface area contributed by atoms with Crippen LogP contribution in [0.2, 0.25) is 0 Å². The van der Waals surface area contributed by atoms with E-state index in [0.29, 0.717) is 21.8 Å². The summed E-state index contributed by atoms with van der Waals surface area (Å²) < 4.78 is 5.61. The van der Waals surface area contributed by atoms with Crippen LogP contribution in [-0.4, -0.2) is 41.6 Å². The fourth-order valence-corrected chi connectivity index (χ4v) is 2.46. The van der Waals surface area contributed by atoms with Gasteiger partial charge in [-0.3, -0.25) is 4.79 Å². The molecule has 1 rings (SSSR count). The van der Waals surface area contributed by atoms with E-state index in [-0.39, 0.29) is 11.9 Å². The highest BCUT2D eigenvalue weighted by Gasteiger charge is 2.09. The summed E-state index contributed by atoms with van der Waals surface area (Å²) in [6.45, 7) is 2.39. The van der Waals surface area contributed by atoms with Gasteiger partial charge in [0.15, 0.2) is 4.34 Å². The molecule has 0 aliphatic rings. The predicted molar refractivity (Wildman–Crippen MR) is 64.5 cm³/mol. The second-order valence-corrected chi connectivity index (χ2v) is 5.35. The number of rotatable bonds is 6. The number of methoxy groups -OCH3 is 1. The first-order valence-corrected chi connectivity index (χ1v) is 6.42. The van der Waals surface area contributed by atoms with E-state index >= 15 is 0 Å². The van der Waals surface area contributed by atoms with Crippen molar-refractivity contribution < 1.29 is 9.53 Å². The van der Waals surface area contributed by atoms with Gasteiger partial charge < -0.3 is 15.8 Å². The van der Waals surface area contributed by atoms with Crippen LogP contribution in [0.5, 0.6) is 0 Å². The van der Waals surface area contributed by atoms with Crippen LogP contribution in [0.15, 0.2) is 4.34 Å². The van der Waals surface area contributed by atoms with Crippen LogP contribution in [0, 0.1) is 0 Å². The van der Waals surface area contributed by atoms with Crippen molar-refractivity contribution in [3.63, 3.8) is 0 Å².